The third-order valence-electron chi connectivity index (χ3n) is 1.82. The van der Waals surface area contributed by atoms with E-state index in [1.54, 1.807) is 0 Å². The lowest BCUT2D eigenvalue weighted by Crippen LogP contribution is -2.05. The molecule has 0 fully saturated rings. The van der Waals surface area contributed by atoms with Gasteiger partial charge in [0.1, 0.15) is 0 Å². The van der Waals surface area contributed by atoms with E-state index in [4.69, 9.17) is 11.5 Å². The molecule has 0 aliphatic carbocycles. The SMILES string of the molecule is Cc1cc([C@@H](C)N)ccc1N. The zero-order valence-corrected chi connectivity index (χ0v) is 6.96. The Balaban J connectivity index is 3.05. The first-order chi connectivity index (χ1) is 5.11. The summed E-state index contributed by atoms with van der Waals surface area (Å²) in [4.78, 5) is 0. The van der Waals surface area contributed by atoms with E-state index in [0.717, 1.165) is 16.8 Å². The Kier molecular flexibility index (Phi) is 2.15. The third kappa shape index (κ3) is 1.71. The first-order valence-corrected chi connectivity index (χ1v) is 3.73. The largest absolute Gasteiger partial charge is 0.399 e. The molecule has 0 spiro atoms. The van der Waals surface area contributed by atoms with Gasteiger partial charge in [0.25, 0.3) is 0 Å². The van der Waals surface area contributed by atoms with Gasteiger partial charge >= 0.3 is 0 Å². The van der Waals surface area contributed by atoms with E-state index in [0.29, 0.717) is 0 Å². The summed E-state index contributed by atoms with van der Waals surface area (Å²) in [6.45, 7) is 3.95. The number of nitrogen functional groups attached to an aromatic ring is 1. The van der Waals surface area contributed by atoms with Crippen LogP contribution in [0.25, 0.3) is 0 Å². The molecule has 1 rings (SSSR count). The lowest BCUT2D eigenvalue weighted by atomic mass is 10.1. The van der Waals surface area contributed by atoms with Crippen LogP contribution in [0.15, 0.2) is 18.2 Å². The molecule has 4 N–H and O–H groups in total. The summed E-state index contributed by atoms with van der Waals surface area (Å²) >= 11 is 0. The Bertz CT molecular complexity index is 254. The van der Waals surface area contributed by atoms with Crippen molar-refractivity contribution in [1.29, 1.82) is 0 Å². The molecule has 0 aliphatic heterocycles. The second-order valence-electron chi connectivity index (χ2n) is 2.90. The summed E-state index contributed by atoms with van der Waals surface area (Å²) in [6.07, 6.45) is 0. The molecule has 0 amide bonds. The molecule has 0 saturated heterocycles. The predicted molar refractivity (Wildman–Crippen MR) is 48.2 cm³/mol. The minimum absolute atomic E-state index is 0.0919. The van der Waals surface area contributed by atoms with Crippen molar-refractivity contribution in [3.63, 3.8) is 0 Å². The van der Waals surface area contributed by atoms with Gasteiger partial charge in [-0.2, -0.15) is 0 Å². The van der Waals surface area contributed by atoms with Crippen LogP contribution in [-0.4, -0.2) is 0 Å². The van der Waals surface area contributed by atoms with Crippen LogP contribution < -0.4 is 11.5 Å². The number of hydrogen-bond acceptors (Lipinski definition) is 2. The first-order valence-electron chi connectivity index (χ1n) is 3.73. The maximum absolute atomic E-state index is 5.69. The average molecular weight is 150 g/mol. The molecule has 0 radical (unpaired) electrons. The molecular weight excluding hydrogens is 136 g/mol. The van der Waals surface area contributed by atoms with Crippen LogP contribution in [-0.2, 0) is 0 Å². The van der Waals surface area contributed by atoms with E-state index in [1.165, 1.54) is 0 Å². The fraction of sp³-hybridized carbons (Fsp3) is 0.333. The van der Waals surface area contributed by atoms with Gasteiger partial charge in [-0.3, -0.25) is 0 Å². The molecule has 2 nitrogen and oxygen atoms in total. The van der Waals surface area contributed by atoms with Crippen molar-refractivity contribution in [2.45, 2.75) is 19.9 Å². The van der Waals surface area contributed by atoms with Crippen molar-refractivity contribution >= 4 is 5.69 Å². The van der Waals surface area contributed by atoms with Gasteiger partial charge in [-0.05, 0) is 31.0 Å². The van der Waals surface area contributed by atoms with Gasteiger partial charge in [0.05, 0.1) is 0 Å². The molecule has 0 aromatic heterocycles. The third-order valence-corrected chi connectivity index (χ3v) is 1.82. The van der Waals surface area contributed by atoms with Gasteiger partial charge in [-0.25, -0.2) is 0 Å². The number of benzene rings is 1. The molecule has 1 atom stereocenters. The fourth-order valence-electron chi connectivity index (χ4n) is 0.982. The Morgan fingerprint density at radius 1 is 1.36 bits per heavy atom. The van der Waals surface area contributed by atoms with Crippen LogP contribution in [0.4, 0.5) is 5.69 Å². The minimum Gasteiger partial charge on any atom is -0.399 e. The minimum atomic E-state index is 0.0919. The molecule has 0 saturated carbocycles. The summed E-state index contributed by atoms with van der Waals surface area (Å²) in [5.74, 6) is 0. The van der Waals surface area contributed by atoms with Crippen molar-refractivity contribution in [1.82, 2.24) is 0 Å². The molecule has 0 bridgehead atoms. The van der Waals surface area contributed by atoms with Crippen LogP contribution in [0.3, 0.4) is 0 Å². The van der Waals surface area contributed by atoms with Crippen LogP contribution in [0, 0.1) is 6.92 Å². The highest BCUT2D eigenvalue weighted by atomic mass is 14.6. The Hall–Kier alpha value is -1.02. The van der Waals surface area contributed by atoms with Gasteiger partial charge in [0, 0.05) is 11.7 Å². The van der Waals surface area contributed by atoms with Crippen molar-refractivity contribution in [2.24, 2.45) is 5.73 Å². The zero-order valence-electron chi connectivity index (χ0n) is 6.96. The van der Waals surface area contributed by atoms with Gasteiger partial charge in [0.2, 0.25) is 0 Å². The van der Waals surface area contributed by atoms with Gasteiger partial charge in [-0.15, -0.1) is 0 Å². The maximum Gasteiger partial charge on any atom is 0.0343 e. The van der Waals surface area contributed by atoms with Crippen LogP contribution in [0.2, 0.25) is 0 Å². The second-order valence-corrected chi connectivity index (χ2v) is 2.90. The van der Waals surface area contributed by atoms with E-state index < -0.39 is 0 Å². The van der Waals surface area contributed by atoms with Crippen molar-refractivity contribution in [3.8, 4) is 0 Å². The second kappa shape index (κ2) is 2.93. The fourth-order valence-corrected chi connectivity index (χ4v) is 0.982. The van der Waals surface area contributed by atoms with E-state index >= 15 is 0 Å². The molecule has 2 heteroatoms. The number of rotatable bonds is 1. The van der Waals surface area contributed by atoms with Gasteiger partial charge in [-0.1, -0.05) is 12.1 Å². The molecule has 0 aliphatic rings. The molecule has 60 valence electrons. The Morgan fingerprint density at radius 2 is 2.00 bits per heavy atom. The monoisotopic (exact) mass is 150 g/mol. The van der Waals surface area contributed by atoms with E-state index in [1.807, 2.05) is 32.0 Å². The summed E-state index contributed by atoms with van der Waals surface area (Å²) in [5.41, 5.74) is 14.4. The van der Waals surface area contributed by atoms with E-state index in [2.05, 4.69) is 0 Å². The number of anilines is 1. The van der Waals surface area contributed by atoms with Crippen LogP contribution in [0.1, 0.15) is 24.1 Å². The smallest absolute Gasteiger partial charge is 0.0343 e. The predicted octanol–water partition coefficient (Wildman–Crippen LogP) is 1.60. The maximum atomic E-state index is 5.69. The van der Waals surface area contributed by atoms with Gasteiger partial charge in [0.15, 0.2) is 0 Å². The molecule has 1 aromatic rings. The van der Waals surface area contributed by atoms with Crippen molar-refractivity contribution in [2.75, 3.05) is 5.73 Å². The Morgan fingerprint density at radius 3 is 2.45 bits per heavy atom. The first kappa shape index (κ1) is 8.08. The lowest BCUT2D eigenvalue weighted by Gasteiger charge is -2.07. The highest BCUT2D eigenvalue weighted by Crippen LogP contribution is 2.16. The summed E-state index contributed by atoms with van der Waals surface area (Å²) in [7, 11) is 0. The quantitative estimate of drug-likeness (QED) is 0.597. The highest BCUT2D eigenvalue weighted by Gasteiger charge is 1.99. The number of hydrogen-bond donors (Lipinski definition) is 2. The summed E-state index contributed by atoms with van der Waals surface area (Å²) in [5, 5.41) is 0. The Labute approximate surface area is 67.2 Å². The zero-order chi connectivity index (χ0) is 8.43. The average Bonchev–Trinajstić information content (AvgIpc) is 1.94. The van der Waals surface area contributed by atoms with Gasteiger partial charge < -0.3 is 11.5 Å². The van der Waals surface area contributed by atoms with Crippen LogP contribution >= 0.6 is 0 Å². The molecule has 0 unspecified atom stereocenters. The summed E-state index contributed by atoms with van der Waals surface area (Å²) < 4.78 is 0. The standard InChI is InChI=1S/C9H14N2/c1-6-5-8(7(2)10)3-4-9(6)11/h3-5,7H,10-11H2,1-2H3/t7-/m1/s1. The summed E-state index contributed by atoms with van der Waals surface area (Å²) in [6, 6.07) is 5.98. The molecular formula is C9H14N2. The lowest BCUT2D eigenvalue weighted by molar-refractivity contribution is 0.817. The normalized spacial score (nSPS) is 13.0. The highest BCUT2D eigenvalue weighted by molar-refractivity contribution is 5.48. The van der Waals surface area contributed by atoms with Crippen molar-refractivity contribution < 1.29 is 0 Å². The molecule has 11 heavy (non-hydrogen) atoms. The number of nitrogens with two attached hydrogens (primary N) is 2. The molecule has 1 aromatic carbocycles. The van der Waals surface area contributed by atoms with E-state index in [-0.39, 0.29) is 6.04 Å². The topological polar surface area (TPSA) is 52.0 Å². The number of aryl methyl sites for hydroxylation is 1. The van der Waals surface area contributed by atoms with E-state index in [9.17, 15) is 0 Å². The van der Waals surface area contributed by atoms with Crippen molar-refractivity contribution in [3.05, 3.63) is 29.3 Å². The molecule has 0 heterocycles. The van der Waals surface area contributed by atoms with Crippen LogP contribution in [0.5, 0.6) is 0 Å².